The first-order valence-corrected chi connectivity index (χ1v) is 5.94. The van der Waals surface area contributed by atoms with Gasteiger partial charge in [0.15, 0.2) is 0 Å². The summed E-state index contributed by atoms with van der Waals surface area (Å²) in [5.74, 6) is -1.36. The predicted octanol–water partition coefficient (Wildman–Crippen LogP) is 3.26. The maximum Gasteiger partial charge on any atom is 0.336 e. The van der Waals surface area contributed by atoms with Gasteiger partial charge in [0, 0.05) is 15.5 Å². The molecule has 0 amide bonds. The minimum Gasteiger partial charge on any atom is -0.478 e. The van der Waals surface area contributed by atoms with E-state index >= 15 is 0 Å². The van der Waals surface area contributed by atoms with Crippen molar-refractivity contribution >= 4 is 23.4 Å². The van der Waals surface area contributed by atoms with Gasteiger partial charge in [0.25, 0.3) is 0 Å². The SMILES string of the molecule is Nc1ccc(Sc2ccc(F)cc2)c(C(=O)O)c1. The Hall–Kier alpha value is -2.01. The molecule has 0 aliphatic carbocycles. The smallest absolute Gasteiger partial charge is 0.336 e. The van der Waals surface area contributed by atoms with Gasteiger partial charge in [-0.1, -0.05) is 11.8 Å². The Labute approximate surface area is 107 Å². The molecule has 2 rings (SSSR count). The molecule has 3 nitrogen and oxygen atoms in total. The van der Waals surface area contributed by atoms with Crippen LogP contribution in [0.25, 0.3) is 0 Å². The van der Waals surface area contributed by atoms with E-state index in [2.05, 4.69) is 0 Å². The first kappa shape index (κ1) is 12.4. The second kappa shape index (κ2) is 5.10. The Kier molecular flexibility index (Phi) is 3.53. The first-order valence-electron chi connectivity index (χ1n) is 5.12. The van der Waals surface area contributed by atoms with Crippen molar-refractivity contribution < 1.29 is 14.3 Å². The third-order valence-electron chi connectivity index (χ3n) is 2.28. The molecule has 2 aromatic rings. The summed E-state index contributed by atoms with van der Waals surface area (Å²) in [6, 6.07) is 10.6. The van der Waals surface area contributed by atoms with Gasteiger partial charge in [0.1, 0.15) is 5.82 Å². The monoisotopic (exact) mass is 263 g/mol. The van der Waals surface area contributed by atoms with Crippen molar-refractivity contribution in [3.05, 3.63) is 53.8 Å². The molecule has 0 aliphatic heterocycles. The van der Waals surface area contributed by atoms with E-state index in [-0.39, 0.29) is 11.4 Å². The average Bonchev–Trinajstić information content (AvgIpc) is 2.34. The zero-order valence-corrected chi connectivity index (χ0v) is 10.1. The summed E-state index contributed by atoms with van der Waals surface area (Å²) in [5.41, 5.74) is 6.10. The van der Waals surface area contributed by atoms with E-state index in [9.17, 15) is 9.18 Å². The summed E-state index contributed by atoms with van der Waals surface area (Å²) in [6.45, 7) is 0. The van der Waals surface area contributed by atoms with Crippen LogP contribution in [0.4, 0.5) is 10.1 Å². The van der Waals surface area contributed by atoms with Crippen LogP contribution in [0, 0.1) is 5.82 Å². The first-order chi connectivity index (χ1) is 8.56. The molecule has 0 fully saturated rings. The van der Waals surface area contributed by atoms with Gasteiger partial charge in [-0.3, -0.25) is 0 Å². The van der Waals surface area contributed by atoms with Gasteiger partial charge in [0.2, 0.25) is 0 Å². The van der Waals surface area contributed by atoms with Gasteiger partial charge < -0.3 is 10.8 Å². The summed E-state index contributed by atoms with van der Waals surface area (Å²) < 4.78 is 12.8. The minimum absolute atomic E-state index is 0.143. The van der Waals surface area contributed by atoms with Crippen molar-refractivity contribution in [3.63, 3.8) is 0 Å². The molecule has 0 bridgehead atoms. The van der Waals surface area contributed by atoms with E-state index in [4.69, 9.17) is 10.8 Å². The van der Waals surface area contributed by atoms with E-state index in [1.165, 1.54) is 30.0 Å². The second-order valence-corrected chi connectivity index (χ2v) is 4.73. The number of aromatic carboxylic acids is 1. The molecule has 2 aromatic carbocycles. The lowest BCUT2D eigenvalue weighted by molar-refractivity contribution is 0.0693. The van der Waals surface area contributed by atoms with Crippen molar-refractivity contribution in [1.82, 2.24) is 0 Å². The second-order valence-electron chi connectivity index (χ2n) is 3.62. The molecule has 0 heterocycles. The van der Waals surface area contributed by atoms with E-state index in [1.807, 2.05) is 0 Å². The van der Waals surface area contributed by atoms with E-state index < -0.39 is 5.97 Å². The van der Waals surface area contributed by atoms with Gasteiger partial charge in [-0.2, -0.15) is 0 Å². The maximum absolute atomic E-state index is 12.8. The fraction of sp³-hybridized carbons (Fsp3) is 0. The fourth-order valence-corrected chi connectivity index (χ4v) is 2.35. The summed E-state index contributed by atoms with van der Waals surface area (Å²) in [5, 5.41) is 9.08. The molecule has 0 atom stereocenters. The molecular formula is C13H10FNO2S. The van der Waals surface area contributed by atoms with Gasteiger partial charge in [-0.05, 0) is 42.5 Å². The van der Waals surface area contributed by atoms with Crippen LogP contribution in [0.3, 0.4) is 0 Å². The number of anilines is 1. The quantitative estimate of drug-likeness (QED) is 0.834. The Morgan fingerprint density at radius 2 is 1.83 bits per heavy atom. The Morgan fingerprint density at radius 3 is 2.44 bits per heavy atom. The largest absolute Gasteiger partial charge is 0.478 e. The van der Waals surface area contributed by atoms with Crippen LogP contribution in [-0.4, -0.2) is 11.1 Å². The van der Waals surface area contributed by atoms with Crippen LogP contribution in [0.1, 0.15) is 10.4 Å². The highest BCUT2D eigenvalue weighted by Gasteiger charge is 2.11. The lowest BCUT2D eigenvalue weighted by atomic mass is 10.2. The number of hydrogen-bond donors (Lipinski definition) is 2. The molecular weight excluding hydrogens is 253 g/mol. The topological polar surface area (TPSA) is 63.3 Å². The van der Waals surface area contributed by atoms with E-state index in [0.29, 0.717) is 10.6 Å². The number of carbonyl (C=O) groups is 1. The summed E-state index contributed by atoms with van der Waals surface area (Å²) in [6.07, 6.45) is 0. The molecule has 0 radical (unpaired) electrons. The predicted molar refractivity (Wildman–Crippen MR) is 68.3 cm³/mol. The summed E-state index contributed by atoms with van der Waals surface area (Å²) >= 11 is 1.26. The molecule has 3 N–H and O–H groups in total. The number of nitrogen functional groups attached to an aromatic ring is 1. The molecule has 0 saturated heterocycles. The Bertz CT molecular complexity index is 584. The van der Waals surface area contributed by atoms with Crippen LogP contribution in [0.5, 0.6) is 0 Å². The highest BCUT2D eigenvalue weighted by molar-refractivity contribution is 7.99. The number of halogens is 1. The van der Waals surface area contributed by atoms with Crippen molar-refractivity contribution in [3.8, 4) is 0 Å². The standard InChI is InChI=1S/C13H10FNO2S/c14-8-1-4-10(5-2-8)18-12-6-3-9(15)7-11(12)13(16)17/h1-7H,15H2,(H,16,17). The highest BCUT2D eigenvalue weighted by Crippen LogP contribution is 2.31. The van der Waals surface area contributed by atoms with Crippen LogP contribution in [0.2, 0.25) is 0 Å². The number of benzene rings is 2. The number of carboxylic acids is 1. The zero-order chi connectivity index (χ0) is 13.1. The number of hydrogen-bond acceptors (Lipinski definition) is 3. The lowest BCUT2D eigenvalue weighted by Crippen LogP contribution is -2.00. The molecule has 0 saturated carbocycles. The minimum atomic E-state index is -1.04. The van der Waals surface area contributed by atoms with Crippen molar-refractivity contribution in [2.45, 2.75) is 9.79 Å². The average molecular weight is 263 g/mol. The zero-order valence-electron chi connectivity index (χ0n) is 9.26. The molecule has 5 heteroatoms. The van der Waals surface area contributed by atoms with Crippen molar-refractivity contribution in [2.75, 3.05) is 5.73 Å². The third-order valence-corrected chi connectivity index (χ3v) is 3.36. The lowest BCUT2D eigenvalue weighted by Gasteiger charge is -2.06. The van der Waals surface area contributed by atoms with Crippen LogP contribution in [0.15, 0.2) is 52.3 Å². The normalized spacial score (nSPS) is 10.3. The third kappa shape index (κ3) is 2.81. The number of nitrogens with two attached hydrogens (primary N) is 1. The number of rotatable bonds is 3. The van der Waals surface area contributed by atoms with Crippen molar-refractivity contribution in [2.24, 2.45) is 0 Å². The summed E-state index contributed by atoms with van der Waals surface area (Å²) in [4.78, 5) is 12.4. The van der Waals surface area contributed by atoms with Crippen LogP contribution in [-0.2, 0) is 0 Å². The fourth-order valence-electron chi connectivity index (χ4n) is 1.43. The van der Waals surface area contributed by atoms with Gasteiger partial charge >= 0.3 is 5.97 Å². The molecule has 18 heavy (non-hydrogen) atoms. The Balaban J connectivity index is 2.34. The van der Waals surface area contributed by atoms with Gasteiger partial charge in [0.05, 0.1) is 5.56 Å². The molecule has 92 valence electrons. The van der Waals surface area contributed by atoms with E-state index in [0.717, 1.165) is 4.90 Å². The highest BCUT2D eigenvalue weighted by atomic mass is 32.2. The van der Waals surface area contributed by atoms with Crippen LogP contribution >= 0.6 is 11.8 Å². The van der Waals surface area contributed by atoms with E-state index in [1.54, 1.807) is 24.3 Å². The molecule has 0 unspecified atom stereocenters. The molecule has 0 aliphatic rings. The summed E-state index contributed by atoms with van der Waals surface area (Å²) in [7, 11) is 0. The molecule has 0 spiro atoms. The van der Waals surface area contributed by atoms with Crippen molar-refractivity contribution in [1.29, 1.82) is 0 Å². The van der Waals surface area contributed by atoms with Gasteiger partial charge in [-0.25, -0.2) is 9.18 Å². The number of carboxylic acid groups (broad SMARTS) is 1. The Morgan fingerprint density at radius 1 is 1.17 bits per heavy atom. The van der Waals surface area contributed by atoms with Crippen LogP contribution < -0.4 is 5.73 Å². The maximum atomic E-state index is 12.8. The van der Waals surface area contributed by atoms with Gasteiger partial charge in [-0.15, -0.1) is 0 Å². The molecule has 0 aromatic heterocycles.